The van der Waals surface area contributed by atoms with Gasteiger partial charge in [-0.3, -0.25) is 9.79 Å². The van der Waals surface area contributed by atoms with E-state index in [-0.39, 0.29) is 23.5 Å². The van der Waals surface area contributed by atoms with Gasteiger partial charge in [0.15, 0.2) is 0 Å². The zero-order valence-corrected chi connectivity index (χ0v) is 23.2. The Morgan fingerprint density at radius 1 is 1.13 bits per heavy atom. The molecule has 0 saturated heterocycles. The molecule has 2 aromatic carbocycles. The minimum atomic E-state index is -0.358. The third-order valence-electron chi connectivity index (χ3n) is 7.56. The molecule has 6 nitrogen and oxygen atoms in total. The second-order valence-electron chi connectivity index (χ2n) is 10.3. The van der Waals surface area contributed by atoms with Gasteiger partial charge in [-0.05, 0) is 93.8 Å². The van der Waals surface area contributed by atoms with Crippen LogP contribution in [0.4, 0.5) is 10.1 Å². The SMILES string of the molecule is CCCN=C(C(=O)Nc1ccc(OC2CCC(CC)CC2)cc1)c1cc(-c2cnc(C)n2C)c(F)cc1C. The molecule has 0 aliphatic heterocycles. The van der Waals surface area contributed by atoms with Crippen LogP contribution in [-0.2, 0) is 11.8 Å². The molecule has 7 heteroatoms. The molecule has 1 fully saturated rings. The highest BCUT2D eigenvalue weighted by molar-refractivity contribution is 6.49. The number of halogens is 1. The molecule has 1 aromatic heterocycles. The number of anilines is 1. The predicted octanol–water partition coefficient (Wildman–Crippen LogP) is 7.03. The summed E-state index contributed by atoms with van der Waals surface area (Å²) in [6.07, 6.45) is 8.56. The molecule has 0 unspecified atom stereocenters. The van der Waals surface area contributed by atoms with Crippen LogP contribution >= 0.6 is 0 Å². The first-order valence-corrected chi connectivity index (χ1v) is 13.7. The van der Waals surface area contributed by atoms with E-state index in [2.05, 4.69) is 22.2 Å². The largest absolute Gasteiger partial charge is 0.490 e. The number of benzene rings is 2. The zero-order valence-electron chi connectivity index (χ0n) is 23.2. The van der Waals surface area contributed by atoms with Gasteiger partial charge in [-0.25, -0.2) is 9.37 Å². The first-order valence-electron chi connectivity index (χ1n) is 13.7. The van der Waals surface area contributed by atoms with E-state index in [1.54, 1.807) is 19.2 Å². The summed E-state index contributed by atoms with van der Waals surface area (Å²) in [6, 6.07) is 10.7. The summed E-state index contributed by atoms with van der Waals surface area (Å²) in [5.74, 6) is 1.73. The molecule has 1 heterocycles. The van der Waals surface area contributed by atoms with Crippen molar-refractivity contribution >= 4 is 17.3 Å². The van der Waals surface area contributed by atoms with E-state index in [0.29, 0.717) is 34.6 Å². The van der Waals surface area contributed by atoms with Crippen LogP contribution in [0.25, 0.3) is 11.3 Å². The van der Waals surface area contributed by atoms with Crippen LogP contribution in [0.5, 0.6) is 5.75 Å². The molecule has 1 saturated carbocycles. The number of nitrogens with zero attached hydrogens (tertiary/aromatic N) is 3. The lowest BCUT2D eigenvalue weighted by Gasteiger charge is -2.28. The summed E-state index contributed by atoms with van der Waals surface area (Å²) in [6.45, 7) is 8.42. The number of carbonyl (C=O) groups is 1. The van der Waals surface area contributed by atoms with Gasteiger partial charge >= 0.3 is 0 Å². The van der Waals surface area contributed by atoms with Gasteiger partial charge < -0.3 is 14.6 Å². The van der Waals surface area contributed by atoms with Gasteiger partial charge in [0.25, 0.3) is 5.91 Å². The lowest BCUT2D eigenvalue weighted by Crippen LogP contribution is -2.25. The second kappa shape index (κ2) is 12.4. The molecule has 202 valence electrons. The molecule has 0 atom stereocenters. The van der Waals surface area contributed by atoms with E-state index in [0.717, 1.165) is 36.8 Å². The fourth-order valence-corrected chi connectivity index (χ4v) is 5.04. The third-order valence-corrected chi connectivity index (χ3v) is 7.56. The number of rotatable bonds is 9. The summed E-state index contributed by atoms with van der Waals surface area (Å²) >= 11 is 0. The molecule has 1 amide bonds. The maximum Gasteiger partial charge on any atom is 0.274 e. The number of aryl methyl sites for hydroxylation is 2. The molecule has 1 N–H and O–H groups in total. The van der Waals surface area contributed by atoms with E-state index in [1.165, 1.54) is 25.3 Å². The van der Waals surface area contributed by atoms with Gasteiger partial charge in [0.1, 0.15) is 23.1 Å². The number of amides is 1. The maximum atomic E-state index is 15.0. The van der Waals surface area contributed by atoms with Gasteiger partial charge in [0.05, 0.1) is 18.0 Å². The summed E-state index contributed by atoms with van der Waals surface area (Å²) in [5.41, 5.74) is 3.24. The Bertz CT molecular complexity index is 1290. The minimum absolute atomic E-state index is 0.255. The highest BCUT2D eigenvalue weighted by atomic mass is 19.1. The lowest BCUT2D eigenvalue weighted by atomic mass is 9.86. The van der Waals surface area contributed by atoms with Crippen molar-refractivity contribution in [2.75, 3.05) is 11.9 Å². The van der Waals surface area contributed by atoms with Crippen molar-refractivity contribution in [3.05, 3.63) is 65.4 Å². The monoisotopic (exact) mass is 518 g/mol. The van der Waals surface area contributed by atoms with Crippen LogP contribution < -0.4 is 10.1 Å². The number of aromatic nitrogens is 2. The molecule has 38 heavy (non-hydrogen) atoms. The Labute approximate surface area is 225 Å². The Morgan fingerprint density at radius 3 is 2.45 bits per heavy atom. The van der Waals surface area contributed by atoms with Crippen LogP contribution in [0.3, 0.4) is 0 Å². The van der Waals surface area contributed by atoms with Crippen LogP contribution in [0, 0.1) is 25.6 Å². The van der Waals surface area contributed by atoms with Crippen LogP contribution in [0.1, 0.15) is 69.3 Å². The second-order valence-corrected chi connectivity index (χ2v) is 10.3. The van der Waals surface area contributed by atoms with Crippen molar-refractivity contribution in [1.82, 2.24) is 9.55 Å². The molecule has 0 radical (unpaired) electrons. The number of aliphatic imine (C=N–C) groups is 1. The van der Waals surface area contributed by atoms with Gasteiger partial charge in [-0.2, -0.15) is 0 Å². The van der Waals surface area contributed by atoms with E-state index < -0.39 is 0 Å². The highest BCUT2D eigenvalue weighted by Crippen LogP contribution is 2.30. The van der Waals surface area contributed by atoms with Crippen LogP contribution in [0.2, 0.25) is 0 Å². The Morgan fingerprint density at radius 2 is 1.84 bits per heavy atom. The molecule has 0 bridgehead atoms. The number of hydrogen-bond acceptors (Lipinski definition) is 4. The first kappa shape index (κ1) is 27.6. The number of ether oxygens (including phenoxy) is 1. The average Bonchev–Trinajstić information content (AvgIpc) is 3.24. The standard InChI is InChI=1S/C31H39FN4O2/c1-6-16-33-30(26-18-27(28(32)17-20(26)3)29-19-34-21(4)36(29)5)31(37)35-23-10-14-25(15-11-23)38-24-12-8-22(7-2)9-13-24/h10-11,14-15,17-19,22,24H,6-9,12-13,16H2,1-5H3,(H,35,37). The Balaban J connectivity index is 1.52. The molecule has 0 spiro atoms. The van der Waals surface area contributed by atoms with Crippen LogP contribution in [0.15, 0.2) is 47.6 Å². The van der Waals surface area contributed by atoms with E-state index in [1.807, 2.05) is 49.7 Å². The van der Waals surface area contributed by atoms with Crippen molar-refractivity contribution in [1.29, 1.82) is 0 Å². The number of imidazole rings is 1. The molecule has 1 aliphatic rings. The molecule has 1 aliphatic carbocycles. The van der Waals surface area contributed by atoms with Gasteiger partial charge in [0.2, 0.25) is 0 Å². The van der Waals surface area contributed by atoms with E-state index >= 15 is 4.39 Å². The normalized spacial score (nSPS) is 17.9. The van der Waals surface area contributed by atoms with Crippen molar-refractivity contribution in [2.45, 2.75) is 72.3 Å². The lowest BCUT2D eigenvalue weighted by molar-refractivity contribution is -0.110. The summed E-state index contributed by atoms with van der Waals surface area (Å²) in [7, 11) is 1.85. The summed E-state index contributed by atoms with van der Waals surface area (Å²) in [5, 5.41) is 2.97. The smallest absolute Gasteiger partial charge is 0.274 e. The minimum Gasteiger partial charge on any atom is -0.490 e. The van der Waals surface area contributed by atoms with Crippen molar-refractivity contribution in [2.24, 2.45) is 18.0 Å². The van der Waals surface area contributed by atoms with E-state index in [9.17, 15) is 4.79 Å². The molecular formula is C31H39FN4O2. The fraction of sp³-hybridized carbons (Fsp3) is 0.452. The van der Waals surface area contributed by atoms with E-state index in [4.69, 9.17) is 4.74 Å². The van der Waals surface area contributed by atoms with Crippen molar-refractivity contribution in [3.63, 3.8) is 0 Å². The van der Waals surface area contributed by atoms with Gasteiger partial charge in [-0.15, -0.1) is 0 Å². The predicted molar refractivity (Wildman–Crippen MR) is 152 cm³/mol. The quantitative estimate of drug-likeness (QED) is 0.309. The Hall–Kier alpha value is -3.48. The third kappa shape index (κ3) is 6.32. The number of carbonyl (C=O) groups excluding carboxylic acids is 1. The van der Waals surface area contributed by atoms with Crippen molar-refractivity contribution < 1.29 is 13.9 Å². The van der Waals surface area contributed by atoms with Gasteiger partial charge in [-0.1, -0.05) is 20.3 Å². The number of nitrogens with one attached hydrogen (secondary N) is 1. The fourth-order valence-electron chi connectivity index (χ4n) is 5.04. The molecule has 4 rings (SSSR count). The maximum absolute atomic E-state index is 15.0. The van der Waals surface area contributed by atoms with Gasteiger partial charge in [0, 0.05) is 30.4 Å². The average molecular weight is 519 g/mol. The zero-order chi connectivity index (χ0) is 27.2. The van der Waals surface area contributed by atoms with Crippen LogP contribution in [-0.4, -0.2) is 33.8 Å². The topological polar surface area (TPSA) is 68.5 Å². The summed E-state index contributed by atoms with van der Waals surface area (Å²) < 4.78 is 23.0. The number of hydrogen-bond donors (Lipinski definition) is 1. The highest BCUT2D eigenvalue weighted by Gasteiger charge is 2.22. The Kier molecular flexibility index (Phi) is 8.97. The summed E-state index contributed by atoms with van der Waals surface area (Å²) in [4.78, 5) is 22.4. The molecular weight excluding hydrogens is 479 g/mol. The first-order chi connectivity index (χ1) is 18.3. The van der Waals surface area contributed by atoms with Crippen molar-refractivity contribution in [3.8, 4) is 17.0 Å². The molecule has 3 aromatic rings.